The molecule has 12 heteroatoms. The summed E-state index contributed by atoms with van der Waals surface area (Å²) in [6, 6.07) is 13.3. The summed E-state index contributed by atoms with van der Waals surface area (Å²) in [6.07, 6.45) is 9.71. The predicted molar refractivity (Wildman–Crippen MR) is 152 cm³/mol. The number of piperidine rings is 1. The van der Waals surface area contributed by atoms with Crippen molar-refractivity contribution in [3.8, 4) is 6.07 Å². The van der Waals surface area contributed by atoms with E-state index >= 15 is 0 Å². The van der Waals surface area contributed by atoms with Crippen LogP contribution in [-0.4, -0.2) is 61.2 Å². The monoisotopic (exact) mass is 555 g/mol. The van der Waals surface area contributed by atoms with Crippen molar-refractivity contribution in [2.24, 2.45) is 16.6 Å². The average molecular weight is 556 g/mol. The third-order valence-electron chi connectivity index (χ3n) is 6.98. The largest absolute Gasteiger partial charge is 0.382 e. The van der Waals surface area contributed by atoms with Crippen LogP contribution in [0.3, 0.4) is 0 Å². The number of nitrogens with zero attached hydrogens (tertiary/aromatic N) is 6. The maximum absolute atomic E-state index is 13.7. The summed E-state index contributed by atoms with van der Waals surface area (Å²) in [7, 11) is 0. The zero-order valence-electron chi connectivity index (χ0n) is 21.7. The summed E-state index contributed by atoms with van der Waals surface area (Å²) >= 11 is 1.42. The van der Waals surface area contributed by atoms with E-state index in [1.807, 2.05) is 47.3 Å². The Labute approximate surface area is 235 Å². The molecule has 1 unspecified atom stereocenters. The van der Waals surface area contributed by atoms with E-state index < -0.39 is 6.04 Å². The number of amides is 2. The van der Waals surface area contributed by atoms with Crippen LogP contribution in [0.25, 0.3) is 10.9 Å². The Morgan fingerprint density at radius 1 is 1.23 bits per heavy atom. The second-order valence-corrected chi connectivity index (χ2v) is 10.4. The lowest BCUT2D eigenvalue weighted by molar-refractivity contribution is -0.136. The molecule has 0 bridgehead atoms. The Morgan fingerprint density at radius 3 is 2.85 bits per heavy atom. The maximum Gasteiger partial charge on any atom is 0.250 e. The van der Waals surface area contributed by atoms with Gasteiger partial charge in [0, 0.05) is 66.1 Å². The van der Waals surface area contributed by atoms with E-state index in [0.29, 0.717) is 50.3 Å². The summed E-state index contributed by atoms with van der Waals surface area (Å²) in [5.74, 6) is -0.619. The number of hydrogen-bond acceptors (Lipinski definition) is 7. The minimum Gasteiger partial charge on any atom is -0.382 e. The molecule has 204 valence electrons. The number of H-pyrrole nitrogens is 1. The smallest absolute Gasteiger partial charge is 0.250 e. The molecule has 1 fully saturated rings. The molecule has 5 rings (SSSR count). The van der Waals surface area contributed by atoms with Gasteiger partial charge in [-0.25, -0.2) is 9.71 Å². The Kier molecular flexibility index (Phi) is 8.53. The molecule has 40 heavy (non-hydrogen) atoms. The molecule has 1 aliphatic heterocycles. The summed E-state index contributed by atoms with van der Waals surface area (Å²) in [6.45, 7) is 1.40. The maximum atomic E-state index is 13.7. The van der Waals surface area contributed by atoms with Gasteiger partial charge in [0.05, 0.1) is 12.2 Å². The Bertz CT molecular complexity index is 1550. The van der Waals surface area contributed by atoms with Crippen LogP contribution in [0.1, 0.15) is 30.7 Å². The van der Waals surface area contributed by atoms with E-state index in [1.54, 1.807) is 11.0 Å². The number of nitriles is 1. The van der Waals surface area contributed by atoms with Crippen LogP contribution in [-0.2, 0) is 16.1 Å². The molecule has 0 spiro atoms. The topological polar surface area (TPSA) is 158 Å². The molecule has 11 nitrogen and oxygen atoms in total. The second-order valence-electron chi connectivity index (χ2n) is 9.48. The molecule has 0 aliphatic carbocycles. The van der Waals surface area contributed by atoms with Crippen LogP contribution >= 0.6 is 11.9 Å². The van der Waals surface area contributed by atoms with Crippen LogP contribution in [0.15, 0.2) is 77.3 Å². The number of likely N-dealkylation sites (tertiary alicyclic amines) is 1. The molecule has 4 N–H and O–H groups in total. The Hall–Kier alpha value is -4.47. The number of nitrogens with two attached hydrogens (primary N) is 1. The summed E-state index contributed by atoms with van der Waals surface area (Å²) in [5, 5.41) is 10.5. The van der Waals surface area contributed by atoms with Crippen molar-refractivity contribution in [2.45, 2.75) is 36.7 Å². The standard InChI is InChI=1S/C28H29N9O2S/c29-17-20-3-2-13-36(20)16-9-23(35-40-25-5-1-4-22-21(25)6-10-32-22)28(39)37-14-7-19(8-15-37)27(38)34-26(30)24-18-31-11-12-33-24/h1-6,10-13,18-19,23,32,35H,7-9,14-16H2,(H2,30,34,38). The number of benzene rings is 1. The number of aliphatic imine (C=N–C) groups is 1. The van der Waals surface area contributed by atoms with Crippen LogP contribution < -0.4 is 10.5 Å². The lowest BCUT2D eigenvalue weighted by Gasteiger charge is -2.33. The predicted octanol–water partition coefficient (Wildman–Crippen LogP) is 2.86. The summed E-state index contributed by atoms with van der Waals surface area (Å²) in [5.41, 5.74) is 7.88. The third kappa shape index (κ3) is 6.22. The number of carbonyl (C=O) groups is 2. The average Bonchev–Trinajstić information content (AvgIpc) is 3.67. The normalized spacial score (nSPS) is 15.2. The van der Waals surface area contributed by atoms with Crippen LogP contribution in [0, 0.1) is 17.2 Å². The van der Waals surface area contributed by atoms with Crippen molar-refractivity contribution in [3.05, 3.63) is 78.8 Å². The minimum absolute atomic E-state index is 0.0344. The van der Waals surface area contributed by atoms with E-state index in [-0.39, 0.29) is 23.6 Å². The number of fused-ring (bicyclic) bond motifs is 1. The van der Waals surface area contributed by atoms with Crippen molar-refractivity contribution in [3.63, 3.8) is 0 Å². The summed E-state index contributed by atoms with van der Waals surface area (Å²) in [4.78, 5) is 44.6. The quantitative estimate of drug-likeness (QED) is 0.162. The fourth-order valence-electron chi connectivity index (χ4n) is 4.76. The van der Waals surface area contributed by atoms with E-state index in [0.717, 1.165) is 15.8 Å². The number of aromatic nitrogens is 4. The molecule has 1 atom stereocenters. The highest BCUT2D eigenvalue weighted by molar-refractivity contribution is 7.97. The van der Waals surface area contributed by atoms with Crippen LogP contribution in [0.5, 0.6) is 0 Å². The van der Waals surface area contributed by atoms with Crippen molar-refractivity contribution < 1.29 is 9.59 Å². The Balaban J connectivity index is 1.24. The molecule has 0 radical (unpaired) electrons. The van der Waals surface area contributed by atoms with Gasteiger partial charge in [-0.3, -0.25) is 14.6 Å². The molecular formula is C28H29N9O2S. The van der Waals surface area contributed by atoms with Gasteiger partial charge in [-0.15, -0.1) is 0 Å². The first-order chi connectivity index (χ1) is 19.5. The highest BCUT2D eigenvalue weighted by Crippen LogP contribution is 2.27. The lowest BCUT2D eigenvalue weighted by Crippen LogP contribution is -2.48. The van der Waals surface area contributed by atoms with E-state index in [4.69, 9.17) is 5.73 Å². The number of nitrogens with one attached hydrogen (secondary N) is 2. The highest BCUT2D eigenvalue weighted by Gasteiger charge is 2.31. The molecular weight excluding hydrogens is 526 g/mol. The molecule has 1 aromatic carbocycles. The van der Waals surface area contributed by atoms with Crippen molar-refractivity contribution in [2.75, 3.05) is 13.1 Å². The van der Waals surface area contributed by atoms with Crippen molar-refractivity contribution in [1.82, 2.24) is 29.1 Å². The lowest BCUT2D eigenvalue weighted by atomic mass is 9.95. The number of hydrogen-bond donors (Lipinski definition) is 3. The Morgan fingerprint density at radius 2 is 2.08 bits per heavy atom. The molecule has 4 aromatic rings. The minimum atomic E-state index is -0.495. The highest BCUT2D eigenvalue weighted by atomic mass is 32.2. The first kappa shape index (κ1) is 27.1. The van der Waals surface area contributed by atoms with E-state index in [9.17, 15) is 14.9 Å². The van der Waals surface area contributed by atoms with Crippen molar-refractivity contribution in [1.29, 1.82) is 5.26 Å². The van der Waals surface area contributed by atoms with E-state index in [1.165, 1.54) is 30.5 Å². The molecule has 3 aromatic heterocycles. The molecule has 0 saturated carbocycles. The van der Waals surface area contributed by atoms with Crippen LogP contribution in [0.2, 0.25) is 0 Å². The number of aryl methyl sites for hydroxylation is 1. The van der Waals surface area contributed by atoms with Gasteiger partial charge in [-0.05, 0) is 61.5 Å². The van der Waals surface area contributed by atoms with E-state index in [2.05, 4.69) is 30.7 Å². The first-order valence-electron chi connectivity index (χ1n) is 13.0. The van der Waals surface area contributed by atoms with Crippen molar-refractivity contribution >= 4 is 40.5 Å². The SMILES string of the molecule is N#Cc1cccn1CCC(NSc1cccc2[nH]ccc12)C(=O)N1CCC(C(=O)N=C(N)c2cnccn2)CC1. The van der Waals surface area contributed by atoms with Gasteiger partial charge in [0.2, 0.25) is 5.91 Å². The molecule has 2 amide bonds. The van der Waals surface area contributed by atoms with Gasteiger partial charge in [-0.2, -0.15) is 10.3 Å². The van der Waals surface area contributed by atoms with Gasteiger partial charge in [0.15, 0.2) is 5.84 Å². The fraction of sp³-hybridized carbons (Fsp3) is 0.286. The molecule has 1 saturated heterocycles. The molecule has 4 heterocycles. The second kappa shape index (κ2) is 12.6. The van der Waals surface area contributed by atoms with Gasteiger partial charge < -0.3 is 20.2 Å². The zero-order valence-corrected chi connectivity index (χ0v) is 22.6. The fourth-order valence-corrected chi connectivity index (χ4v) is 5.68. The third-order valence-corrected chi connectivity index (χ3v) is 7.96. The van der Waals surface area contributed by atoms with Crippen LogP contribution in [0.4, 0.5) is 0 Å². The zero-order chi connectivity index (χ0) is 27.9. The van der Waals surface area contributed by atoms with Gasteiger partial charge in [0.1, 0.15) is 17.5 Å². The first-order valence-corrected chi connectivity index (χ1v) is 13.8. The van der Waals surface area contributed by atoms with Gasteiger partial charge >= 0.3 is 0 Å². The number of aromatic amines is 1. The van der Waals surface area contributed by atoms with Gasteiger partial charge in [-0.1, -0.05) is 6.07 Å². The van der Waals surface area contributed by atoms with Gasteiger partial charge in [0.25, 0.3) is 5.91 Å². The number of carbonyl (C=O) groups excluding carboxylic acids is 2. The number of rotatable bonds is 9. The number of amidine groups is 1. The molecule has 1 aliphatic rings. The summed E-state index contributed by atoms with van der Waals surface area (Å²) < 4.78 is 5.24.